The second kappa shape index (κ2) is 3.16. The van der Waals surface area contributed by atoms with E-state index < -0.39 is 5.97 Å². The van der Waals surface area contributed by atoms with Crippen molar-refractivity contribution in [1.29, 1.82) is 0 Å². The minimum absolute atomic E-state index is 0.440. The zero-order valence-electron chi connectivity index (χ0n) is 9.34. The van der Waals surface area contributed by atoms with Gasteiger partial charge in [-0.05, 0) is 64.9 Å². The molecule has 1 aromatic rings. The van der Waals surface area contributed by atoms with Gasteiger partial charge in [-0.25, -0.2) is 4.79 Å². The van der Waals surface area contributed by atoms with E-state index in [9.17, 15) is 9.90 Å². The van der Waals surface area contributed by atoms with Gasteiger partial charge in [0, 0.05) is 16.7 Å². The van der Waals surface area contributed by atoms with Crippen molar-refractivity contribution >= 4 is 21.9 Å². The fraction of sp³-hybridized carbons (Fsp3) is 0.615. The van der Waals surface area contributed by atoms with Gasteiger partial charge in [0.1, 0.15) is 5.69 Å². The van der Waals surface area contributed by atoms with Crippen molar-refractivity contribution in [1.82, 2.24) is 4.57 Å². The maximum atomic E-state index is 11.2. The van der Waals surface area contributed by atoms with Crippen LogP contribution in [0.5, 0.6) is 0 Å². The van der Waals surface area contributed by atoms with E-state index in [4.69, 9.17) is 0 Å². The van der Waals surface area contributed by atoms with Crippen molar-refractivity contribution in [3.63, 3.8) is 0 Å². The molecule has 3 aliphatic rings. The lowest BCUT2D eigenvalue weighted by Gasteiger charge is -2.11. The van der Waals surface area contributed by atoms with Gasteiger partial charge < -0.3 is 9.67 Å². The summed E-state index contributed by atoms with van der Waals surface area (Å²) in [6.07, 6.45) is 6.09. The molecule has 3 nitrogen and oxygen atoms in total. The first kappa shape index (κ1) is 10.2. The Bertz CT molecular complexity index is 494. The highest BCUT2D eigenvalue weighted by Gasteiger charge is 2.66. The van der Waals surface area contributed by atoms with Crippen LogP contribution >= 0.6 is 15.9 Å². The van der Waals surface area contributed by atoms with E-state index in [0.717, 1.165) is 28.1 Å². The summed E-state index contributed by atoms with van der Waals surface area (Å²) in [4.78, 5) is 11.2. The zero-order valence-corrected chi connectivity index (χ0v) is 10.9. The maximum Gasteiger partial charge on any atom is 0.352 e. The van der Waals surface area contributed by atoms with Crippen molar-refractivity contribution in [3.05, 3.63) is 22.4 Å². The van der Waals surface area contributed by atoms with E-state index in [1.807, 2.05) is 10.8 Å². The topological polar surface area (TPSA) is 42.2 Å². The second-order valence-electron chi connectivity index (χ2n) is 5.73. The number of rotatable bonds is 2. The number of aromatic carboxylic acids is 1. The molecule has 0 saturated heterocycles. The molecule has 0 amide bonds. The molecule has 3 saturated carbocycles. The molecule has 0 radical (unpaired) electrons. The summed E-state index contributed by atoms with van der Waals surface area (Å²) in [5.74, 6) is 2.47. The smallest absolute Gasteiger partial charge is 0.352 e. The predicted octanol–water partition coefficient (Wildman–Crippen LogP) is 3.17. The molecule has 0 aliphatic heterocycles. The molecular weight excluding hydrogens is 282 g/mol. The van der Waals surface area contributed by atoms with Crippen molar-refractivity contribution in [2.75, 3.05) is 0 Å². The summed E-state index contributed by atoms with van der Waals surface area (Å²) in [7, 11) is 0. The monoisotopic (exact) mass is 295 g/mol. The van der Waals surface area contributed by atoms with E-state index in [2.05, 4.69) is 15.9 Å². The molecular formula is C13H14BrNO2. The van der Waals surface area contributed by atoms with Gasteiger partial charge in [-0.1, -0.05) is 0 Å². The number of fused-ring (bicyclic) bond motifs is 5. The van der Waals surface area contributed by atoms with Crippen LogP contribution in [0.1, 0.15) is 35.8 Å². The van der Waals surface area contributed by atoms with Crippen molar-refractivity contribution in [2.24, 2.45) is 23.7 Å². The minimum Gasteiger partial charge on any atom is -0.477 e. The molecule has 17 heavy (non-hydrogen) atoms. The fourth-order valence-corrected chi connectivity index (χ4v) is 4.95. The Kier molecular flexibility index (Phi) is 1.89. The van der Waals surface area contributed by atoms with Crippen molar-refractivity contribution < 1.29 is 9.90 Å². The van der Waals surface area contributed by atoms with Gasteiger partial charge in [0.05, 0.1) is 0 Å². The van der Waals surface area contributed by atoms with Gasteiger partial charge in [0.15, 0.2) is 0 Å². The fourth-order valence-electron chi connectivity index (χ4n) is 4.51. The first-order chi connectivity index (χ1) is 8.16. The molecule has 1 N–H and O–H groups in total. The quantitative estimate of drug-likeness (QED) is 0.911. The van der Waals surface area contributed by atoms with E-state index in [1.165, 1.54) is 19.3 Å². The number of aromatic nitrogens is 1. The average Bonchev–Trinajstić information content (AvgIpc) is 2.67. The van der Waals surface area contributed by atoms with E-state index >= 15 is 0 Å². The summed E-state index contributed by atoms with van der Waals surface area (Å²) in [6, 6.07) is 2.19. The van der Waals surface area contributed by atoms with Crippen LogP contribution in [0.15, 0.2) is 16.7 Å². The van der Waals surface area contributed by atoms with Crippen LogP contribution in [0.25, 0.3) is 0 Å². The van der Waals surface area contributed by atoms with Gasteiger partial charge in [0.25, 0.3) is 0 Å². The molecule has 4 unspecified atom stereocenters. The number of nitrogens with zero attached hydrogens (tertiary/aromatic N) is 1. The lowest BCUT2D eigenvalue weighted by Crippen LogP contribution is -2.10. The largest absolute Gasteiger partial charge is 0.477 e. The van der Waals surface area contributed by atoms with Gasteiger partial charge in [0.2, 0.25) is 0 Å². The van der Waals surface area contributed by atoms with Crippen LogP contribution in [0, 0.1) is 23.7 Å². The number of carbonyl (C=O) groups is 1. The second-order valence-corrected chi connectivity index (χ2v) is 6.65. The van der Waals surface area contributed by atoms with Gasteiger partial charge in [-0.15, -0.1) is 0 Å². The summed E-state index contributed by atoms with van der Waals surface area (Å²) < 4.78 is 2.89. The van der Waals surface area contributed by atoms with Gasteiger partial charge >= 0.3 is 5.97 Å². The lowest BCUT2D eigenvalue weighted by molar-refractivity contribution is 0.0684. The Labute approximate surface area is 108 Å². The molecule has 4 rings (SSSR count). The van der Waals surface area contributed by atoms with Crippen LogP contribution in [-0.4, -0.2) is 15.6 Å². The molecule has 0 spiro atoms. The van der Waals surface area contributed by atoms with Gasteiger partial charge in [-0.3, -0.25) is 0 Å². The summed E-state index contributed by atoms with van der Waals surface area (Å²) in [5.41, 5.74) is 0.440. The first-order valence-corrected chi connectivity index (χ1v) is 7.07. The maximum absolute atomic E-state index is 11.2. The molecule has 1 aromatic heterocycles. The zero-order chi connectivity index (χ0) is 11.7. The molecule has 4 atom stereocenters. The first-order valence-electron chi connectivity index (χ1n) is 6.27. The summed E-state index contributed by atoms with van der Waals surface area (Å²) >= 11 is 3.39. The normalized spacial score (nSPS) is 41.6. The van der Waals surface area contributed by atoms with Crippen LogP contribution in [0.2, 0.25) is 0 Å². The highest BCUT2D eigenvalue weighted by atomic mass is 79.9. The van der Waals surface area contributed by atoms with E-state index in [-0.39, 0.29) is 0 Å². The van der Waals surface area contributed by atoms with E-state index in [1.54, 1.807) is 6.07 Å². The third-order valence-electron chi connectivity index (χ3n) is 5.05. The lowest BCUT2D eigenvalue weighted by atomic mass is 10.0. The molecule has 2 bridgehead atoms. The van der Waals surface area contributed by atoms with Crippen LogP contribution < -0.4 is 0 Å². The molecule has 90 valence electrons. The van der Waals surface area contributed by atoms with E-state index in [0.29, 0.717) is 11.7 Å². The minimum atomic E-state index is -0.812. The van der Waals surface area contributed by atoms with Crippen molar-refractivity contribution in [3.8, 4) is 0 Å². The highest BCUT2D eigenvalue weighted by Crippen LogP contribution is 2.71. The Morgan fingerprint density at radius 2 is 2.00 bits per heavy atom. The highest BCUT2D eigenvalue weighted by molar-refractivity contribution is 9.10. The number of carboxylic acids is 1. The van der Waals surface area contributed by atoms with Crippen LogP contribution in [-0.2, 0) is 0 Å². The van der Waals surface area contributed by atoms with Gasteiger partial charge in [-0.2, -0.15) is 0 Å². The summed E-state index contributed by atoms with van der Waals surface area (Å²) in [6.45, 7) is 0. The Balaban J connectivity index is 1.71. The number of hydrogen-bond acceptors (Lipinski definition) is 1. The Morgan fingerprint density at radius 3 is 2.59 bits per heavy atom. The Morgan fingerprint density at radius 1 is 1.35 bits per heavy atom. The average molecular weight is 296 g/mol. The molecule has 4 heteroatoms. The standard InChI is InChI=1S/C13H14BrNO2/c14-8-4-9(13(16)17)15(5-8)12-10-6-1-2-7(3-6)11(10)12/h4-7,10-12H,1-3H2,(H,16,17). The third kappa shape index (κ3) is 1.25. The molecule has 3 aliphatic carbocycles. The Hall–Kier alpha value is -0.770. The SMILES string of the molecule is O=C(O)c1cc(Br)cn1C1C2C3CCC(C3)C21. The summed E-state index contributed by atoms with van der Waals surface area (Å²) in [5, 5.41) is 9.22. The number of carboxylic acid groups (broad SMARTS) is 1. The predicted molar refractivity (Wildman–Crippen MR) is 65.9 cm³/mol. The molecule has 3 fully saturated rings. The number of hydrogen-bond donors (Lipinski definition) is 1. The molecule has 1 heterocycles. The van der Waals surface area contributed by atoms with Crippen molar-refractivity contribution in [2.45, 2.75) is 25.3 Å². The van der Waals surface area contributed by atoms with Crippen LogP contribution in [0.3, 0.4) is 0 Å². The molecule has 0 aromatic carbocycles. The third-order valence-corrected chi connectivity index (χ3v) is 5.48. The van der Waals surface area contributed by atoms with Crippen LogP contribution in [0.4, 0.5) is 0 Å². The number of halogens is 1.